The van der Waals surface area contributed by atoms with Crippen LogP contribution >= 0.6 is 0 Å². The quantitative estimate of drug-likeness (QED) is 0.263. The second kappa shape index (κ2) is 10.5. The first-order valence-corrected chi connectivity index (χ1v) is 10.9. The molecule has 0 fully saturated rings. The molecule has 0 aliphatic heterocycles. The number of allylic oxidation sites excluding steroid dienone is 7. The van der Waals surface area contributed by atoms with E-state index in [2.05, 4.69) is 52.0 Å². The van der Waals surface area contributed by atoms with Crippen LogP contribution < -0.4 is 4.74 Å². The Morgan fingerprint density at radius 3 is 2.53 bits per heavy atom. The van der Waals surface area contributed by atoms with Gasteiger partial charge in [0.25, 0.3) is 0 Å². The van der Waals surface area contributed by atoms with Gasteiger partial charge < -0.3 is 9.47 Å². The van der Waals surface area contributed by atoms with Gasteiger partial charge in [-0.2, -0.15) is 0 Å². The number of hydrogen-bond donors (Lipinski definition) is 0. The van der Waals surface area contributed by atoms with Crippen molar-refractivity contribution in [3.8, 4) is 5.75 Å². The Morgan fingerprint density at radius 1 is 1.17 bits per heavy atom. The number of benzene rings is 1. The SMILES string of the molecule is CCOC(=O)/C=C(C)/C=C/C=C(/CC)c1cc2c(cc1OCC)C(C)(C)CC=C2C. The predicted octanol–water partition coefficient (Wildman–Crippen LogP) is 7.03. The normalized spacial score (nSPS) is 16.3. The number of esters is 1. The second-order valence-electron chi connectivity index (χ2n) is 8.35. The van der Waals surface area contributed by atoms with E-state index in [4.69, 9.17) is 9.47 Å². The predicted molar refractivity (Wildman–Crippen MR) is 127 cm³/mol. The monoisotopic (exact) mass is 408 g/mol. The highest BCUT2D eigenvalue weighted by atomic mass is 16.5. The summed E-state index contributed by atoms with van der Waals surface area (Å²) in [5.74, 6) is 0.636. The van der Waals surface area contributed by atoms with Crippen LogP contribution in [-0.2, 0) is 14.9 Å². The van der Waals surface area contributed by atoms with Gasteiger partial charge in [0.1, 0.15) is 5.75 Å². The number of carbonyl (C=O) groups excluding carboxylic acids is 1. The molecule has 1 aliphatic rings. The molecule has 3 nitrogen and oxygen atoms in total. The third kappa shape index (κ3) is 5.75. The largest absolute Gasteiger partial charge is 0.493 e. The lowest BCUT2D eigenvalue weighted by Crippen LogP contribution is -2.21. The summed E-state index contributed by atoms with van der Waals surface area (Å²) in [7, 11) is 0. The molecule has 3 heteroatoms. The van der Waals surface area contributed by atoms with E-state index < -0.39 is 0 Å². The highest BCUT2D eigenvalue weighted by Gasteiger charge is 2.28. The highest BCUT2D eigenvalue weighted by Crippen LogP contribution is 2.43. The first-order chi connectivity index (χ1) is 14.2. The molecule has 30 heavy (non-hydrogen) atoms. The standard InChI is InChI=1S/C27H36O3/c1-8-21(13-11-12-19(4)16-26(28)30-10-3)23-17-22-20(5)14-15-27(6,7)24(22)18-25(23)29-9-2/h11-14,16-18H,8-10,15H2,1-7H3/b12-11+,19-16+,21-13-. The third-order valence-corrected chi connectivity index (χ3v) is 5.51. The van der Waals surface area contributed by atoms with E-state index in [1.807, 2.05) is 26.0 Å². The summed E-state index contributed by atoms with van der Waals surface area (Å²) >= 11 is 0. The molecule has 1 aromatic rings. The highest BCUT2D eigenvalue weighted by molar-refractivity contribution is 5.83. The van der Waals surface area contributed by atoms with Gasteiger partial charge in [0, 0.05) is 11.6 Å². The molecule has 0 amide bonds. The molecular weight excluding hydrogens is 372 g/mol. The maximum absolute atomic E-state index is 11.6. The number of carbonyl (C=O) groups is 1. The minimum atomic E-state index is -0.308. The van der Waals surface area contributed by atoms with Crippen molar-refractivity contribution in [3.63, 3.8) is 0 Å². The summed E-state index contributed by atoms with van der Waals surface area (Å²) in [6.45, 7) is 15.7. The Kier molecular flexibility index (Phi) is 8.28. The zero-order valence-corrected chi connectivity index (χ0v) is 19.6. The Bertz CT molecular complexity index is 895. The molecule has 0 spiro atoms. The van der Waals surface area contributed by atoms with Crippen molar-refractivity contribution >= 4 is 17.1 Å². The Morgan fingerprint density at radius 2 is 1.90 bits per heavy atom. The average Bonchev–Trinajstić information content (AvgIpc) is 2.69. The molecule has 162 valence electrons. The summed E-state index contributed by atoms with van der Waals surface area (Å²) < 4.78 is 11.0. The molecule has 0 saturated heterocycles. The van der Waals surface area contributed by atoms with Crippen LogP contribution in [0.5, 0.6) is 5.75 Å². The molecule has 0 N–H and O–H groups in total. The van der Waals surface area contributed by atoms with E-state index in [-0.39, 0.29) is 11.4 Å². The van der Waals surface area contributed by atoms with Gasteiger partial charge in [-0.1, -0.05) is 45.1 Å². The van der Waals surface area contributed by atoms with E-state index in [1.54, 1.807) is 6.92 Å². The van der Waals surface area contributed by atoms with Gasteiger partial charge in [0.15, 0.2) is 0 Å². The smallest absolute Gasteiger partial charge is 0.330 e. The van der Waals surface area contributed by atoms with Crippen LogP contribution in [-0.4, -0.2) is 19.2 Å². The molecule has 0 atom stereocenters. The molecule has 1 aromatic carbocycles. The number of rotatable bonds is 8. The summed E-state index contributed by atoms with van der Waals surface area (Å²) in [4.78, 5) is 11.6. The Labute approximate surface area is 182 Å². The summed E-state index contributed by atoms with van der Waals surface area (Å²) in [5, 5.41) is 0. The molecule has 0 unspecified atom stereocenters. The minimum absolute atomic E-state index is 0.101. The fourth-order valence-electron chi connectivity index (χ4n) is 3.75. The fourth-order valence-corrected chi connectivity index (χ4v) is 3.75. The summed E-state index contributed by atoms with van der Waals surface area (Å²) in [5.41, 5.74) is 7.30. The van der Waals surface area contributed by atoms with Crippen molar-refractivity contribution in [1.82, 2.24) is 0 Å². The fraction of sp³-hybridized carbons (Fsp3) is 0.444. The molecule has 2 rings (SSSR count). The van der Waals surface area contributed by atoms with Crippen molar-refractivity contribution in [1.29, 1.82) is 0 Å². The molecule has 0 saturated carbocycles. The molecule has 0 heterocycles. The van der Waals surface area contributed by atoms with E-state index in [1.165, 1.54) is 28.3 Å². The van der Waals surface area contributed by atoms with Crippen LogP contribution in [0.3, 0.4) is 0 Å². The minimum Gasteiger partial charge on any atom is -0.493 e. The molecule has 1 aliphatic carbocycles. The van der Waals surface area contributed by atoms with Crippen LogP contribution in [0.15, 0.2) is 48.1 Å². The second-order valence-corrected chi connectivity index (χ2v) is 8.35. The number of hydrogen-bond acceptors (Lipinski definition) is 3. The van der Waals surface area contributed by atoms with Gasteiger partial charge in [-0.25, -0.2) is 4.79 Å². The van der Waals surface area contributed by atoms with Crippen molar-refractivity contribution in [2.45, 2.75) is 66.7 Å². The number of ether oxygens (including phenoxy) is 2. The van der Waals surface area contributed by atoms with Crippen molar-refractivity contribution in [2.75, 3.05) is 13.2 Å². The zero-order chi connectivity index (χ0) is 22.3. The maximum Gasteiger partial charge on any atom is 0.330 e. The third-order valence-electron chi connectivity index (χ3n) is 5.51. The van der Waals surface area contributed by atoms with Gasteiger partial charge in [-0.3, -0.25) is 0 Å². The molecule has 0 bridgehead atoms. The van der Waals surface area contributed by atoms with E-state index in [0.717, 1.165) is 29.7 Å². The van der Waals surface area contributed by atoms with Gasteiger partial charge in [0.2, 0.25) is 0 Å². The first kappa shape index (κ1) is 23.7. The van der Waals surface area contributed by atoms with E-state index in [0.29, 0.717) is 13.2 Å². The van der Waals surface area contributed by atoms with Crippen molar-refractivity contribution in [2.24, 2.45) is 0 Å². The maximum atomic E-state index is 11.6. The van der Waals surface area contributed by atoms with E-state index in [9.17, 15) is 4.79 Å². The zero-order valence-electron chi connectivity index (χ0n) is 19.6. The molecular formula is C27H36O3. The van der Waals surface area contributed by atoms with Crippen LogP contribution in [0.25, 0.3) is 11.1 Å². The van der Waals surface area contributed by atoms with Gasteiger partial charge in [0.05, 0.1) is 13.2 Å². The summed E-state index contributed by atoms with van der Waals surface area (Å²) in [6.07, 6.45) is 11.8. The lowest BCUT2D eigenvalue weighted by atomic mass is 9.72. The van der Waals surface area contributed by atoms with Crippen LogP contribution in [0, 0.1) is 0 Å². The average molecular weight is 409 g/mol. The van der Waals surface area contributed by atoms with Gasteiger partial charge in [-0.05, 0) is 85.9 Å². The van der Waals surface area contributed by atoms with Gasteiger partial charge in [-0.15, -0.1) is 0 Å². The van der Waals surface area contributed by atoms with Gasteiger partial charge >= 0.3 is 5.97 Å². The molecule has 0 aromatic heterocycles. The topological polar surface area (TPSA) is 35.5 Å². The van der Waals surface area contributed by atoms with Crippen LogP contribution in [0.1, 0.15) is 78.0 Å². The van der Waals surface area contributed by atoms with Crippen molar-refractivity contribution in [3.05, 3.63) is 64.8 Å². The summed E-state index contributed by atoms with van der Waals surface area (Å²) in [6, 6.07) is 4.53. The van der Waals surface area contributed by atoms with Crippen LogP contribution in [0.4, 0.5) is 0 Å². The lowest BCUT2D eigenvalue weighted by Gasteiger charge is -2.32. The van der Waals surface area contributed by atoms with Crippen LogP contribution in [0.2, 0.25) is 0 Å². The van der Waals surface area contributed by atoms with Crippen molar-refractivity contribution < 1.29 is 14.3 Å². The first-order valence-electron chi connectivity index (χ1n) is 10.9. The lowest BCUT2D eigenvalue weighted by molar-refractivity contribution is -0.137. The number of fused-ring (bicyclic) bond motifs is 1. The Balaban J connectivity index is 2.45. The Hall–Kier alpha value is -2.55. The molecule has 0 radical (unpaired) electrons. The van der Waals surface area contributed by atoms with E-state index >= 15 is 0 Å².